The Balaban J connectivity index is 2.03. The lowest BCUT2D eigenvalue weighted by Crippen LogP contribution is -2.43. The molecule has 1 saturated heterocycles. The first kappa shape index (κ1) is 17.1. The summed E-state index contributed by atoms with van der Waals surface area (Å²) in [7, 11) is 0. The standard InChI is InChI=1S/C16H25N3O2S/c1-4-12-7-5-6-10-19(12)14(20)9-8-13-11(2)17-16(22-3)18-15(13)21/h12H,4-10H2,1-3H3,(H,17,18,21)/t12-/m1/s1. The Hall–Kier alpha value is -1.30. The minimum absolute atomic E-state index is 0.115. The second-order valence-electron chi connectivity index (χ2n) is 5.78. The van der Waals surface area contributed by atoms with Gasteiger partial charge in [-0.15, -0.1) is 0 Å². The van der Waals surface area contributed by atoms with Crippen molar-refractivity contribution in [2.75, 3.05) is 12.8 Å². The number of rotatable bonds is 5. The fraction of sp³-hybridized carbons (Fsp3) is 0.688. The summed E-state index contributed by atoms with van der Waals surface area (Å²) in [6, 6.07) is 0.373. The summed E-state index contributed by atoms with van der Waals surface area (Å²) in [6.45, 7) is 4.83. The van der Waals surface area contributed by atoms with Crippen LogP contribution >= 0.6 is 11.8 Å². The Morgan fingerprint density at radius 3 is 2.86 bits per heavy atom. The van der Waals surface area contributed by atoms with Crippen molar-refractivity contribution in [2.45, 2.75) is 63.6 Å². The zero-order chi connectivity index (χ0) is 16.1. The number of hydrogen-bond acceptors (Lipinski definition) is 4. The number of nitrogens with zero attached hydrogens (tertiary/aromatic N) is 2. The molecule has 0 unspecified atom stereocenters. The quantitative estimate of drug-likeness (QED) is 0.668. The minimum Gasteiger partial charge on any atom is -0.340 e. The largest absolute Gasteiger partial charge is 0.340 e. The van der Waals surface area contributed by atoms with Crippen LogP contribution < -0.4 is 5.56 Å². The Kier molecular flexibility index (Phi) is 6.06. The molecule has 122 valence electrons. The number of aryl methyl sites for hydroxylation is 1. The van der Waals surface area contributed by atoms with Crippen LogP contribution in [0.15, 0.2) is 9.95 Å². The maximum Gasteiger partial charge on any atom is 0.254 e. The van der Waals surface area contributed by atoms with Crippen LogP contribution in [0.1, 0.15) is 50.3 Å². The van der Waals surface area contributed by atoms with Gasteiger partial charge in [-0.25, -0.2) is 4.98 Å². The fourth-order valence-corrected chi connectivity index (χ4v) is 3.53. The summed E-state index contributed by atoms with van der Waals surface area (Å²) in [5.41, 5.74) is 1.25. The first-order valence-corrected chi connectivity index (χ1v) is 9.22. The van der Waals surface area contributed by atoms with Crippen LogP contribution in [-0.2, 0) is 11.2 Å². The lowest BCUT2D eigenvalue weighted by molar-refractivity contribution is -0.134. The van der Waals surface area contributed by atoms with E-state index in [2.05, 4.69) is 16.9 Å². The molecule has 0 aromatic carbocycles. The summed E-state index contributed by atoms with van der Waals surface area (Å²) < 4.78 is 0. The number of aromatic amines is 1. The van der Waals surface area contributed by atoms with Gasteiger partial charge in [-0.1, -0.05) is 18.7 Å². The first-order chi connectivity index (χ1) is 10.6. The summed E-state index contributed by atoms with van der Waals surface area (Å²) >= 11 is 1.41. The molecule has 2 rings (SSSR count). The molecule has 1 amide bonds. The van der Waals surface area contributed by atoms with Gasteiger partial charge in [-0.05, 0) is 45.3 Å². The number of amides is 1. The molecule has 2 heterocycles. The number of piperidine rings is 1. The van der Waals surface area contributed by atoms with Crippen molar-refractivity contribution >= 4 is 17.7 Å². The third kappa shape index (κ3) is 3.91. The van der Waals surface area contributed by atoms with Gasteiger partial charge < -0.3 is 9.88 Å². The molecule has 1 aromatic rings. The molecule has 5 nitrogen and oxygen atoms in total. The molecule has 1 N–H and O–H groups in total. The highest BCUT2D eigenvalue weighted by Crippen LogP contribution is 2.20. The molecule has 0 bridgehead atoms. The van der Waals surface area contributed by atoms with Crippen LogP contribution in [0, 0.1) is 6.92 Å². The van der Waals surface area contributed by atoms with Crippen molar-refractivity contribution in [3.05, 3.63) is 21.6 Å². The normalized spacial score (nSPS) is 18.5. The highest BCUT2D eigenvalue weighted by molar-refractivity contribution is 7.98. The summed E-state index contributed by atoms with van der Waals surface area (Å²) in [4.78, 5) is 33.7. The van der Waals surface area contributed by atoms with Gasteiger partial charge in [-0.2, -0.15) is 0 Å². The van der Waals surface area contributed by atoms with E-state index in [1.165, 1.54) is 18.2 Å². The van der Waals surface area contributed by atoms with Crippen molar-refractivity contribution in [3.8, 4) is 0 Å². The van der Waals surface area contributed by atoms with E-state index < -0.39 is 0 Å². The van der Waals surface area contributed by atoms with Gasteiger partial charge in [0.15, 0.2) is 5.16 Å². The third-order valence-electron chi connectivity index (χ3n) is 4.40. The van der Waals surface area contributed by atoms with Crippen LogP contribution in [0.5, 0.6) is 0 Å². The first-order valence-electron chi connectivity index (χ1n) is 8.00. The Labute approximate surface area is 135 Å². The van der Waals surface area contributed by atoms with Crippen LogP contribution in [-0.4, -0.2) is 39.6 Å². The maximum atomic E-state index is 12.5. The van der Waals surface area contributed by atoms with Crippen molar-refractivity contribution < 1.29 is 4.79 Å². The molecule has 1 aliphatic heterocycles. The zero-order valence-electron chi connectivity index (χ0n) is 13.6. The van der Waals surface area contributed by atoms with E-state index in [4.69, 9.17) is 0 Å². The van der Waals surface area contributed by atoms with Gasteiger partial charge >= 0.3 is 0 Å². The number of hydrogen-bond donors (Lipinski definition) is 1. The van der Waals surface area contributed by atoms with Crippen molar-refractivity contribution in [1.29, 1.82) is 0 Å². The summed E-state index contributed by atoms with van der Waals surface area (Å²) in [5, 5.41) is 0.625. The monoisotopic (exact) mass is 323 g/mol. The summed E-state index contributed by atoms with van der Waals surface area (Å²) in [5.74, 6) is 0.166. The van der Waals surface area contributed by atoms with E-state index in [9.17, 15) is 9.59 Å². The number of nitrogens with one attached hydrogen (secondary N) is 1. The van der Waals surface area contributed by atoms with Gasteiger partial charge in [0.05, 0.1) is 0 Å². The number of carbonyl (C=O) groups is 1. The minimum atomic E-state index is -0.115. The van der Waals surface area contributed by atoms with E-state index in [0.29, 0.717) is 29.6 Å². The fourth-order valence-electron chi connectivity index (χ4n) is 3.10. The van der Waals surface area contributed by atoms with E-state index in [1.54, 1.807) is 0 Å². The number of thioether (sulfide) groups is 1. The second-order valence-corrected chi connectivity index (χ2v) is 6.58. The molecule has 22 heavy (non-hydrogen) atoms. The van der Waals surface area contributed by atoms with E-state index in [1.807, 2.05) is 18.1 Å². The molecule has 0 saturated carbocycles. The van der Waals surface area contributed by atoms with Crippen LogP contribution in [0.25, 0.3) is 0 Å². The average Bonchev–Trinajstić information content (AvgIpc) is 2.53. The highest BCUT2D eigenvalue weighted by Gasteiger charge is 2.25. The van der Waals surface area contributed by atoms with E-state index >= 15 is 0 Å². The number of aromatic nitrogens is 2. The van der Waals surface area contributed by atoms with Crippen LogP contribution in [0.4, 0.5) is 0 Å². The molecule has 1 atom stereocenters. The highest BCUT2D eigenvalue weighted by atomic mass is 32.2. The topological polar surface area (TPSA) is 66.1 Å². The summed E-state index contributed by atoms with van der Waals surface area (Å²) in [6.07, 6.45) is 7.14. The molecular weight excluding hydrogens is 298 g/mol. The predicted octanol–water partition coefficient (Wildman–Crippen LogP) is 2.52. The number of likely N-dealkylation sites (tertiary alicyclic amines) is 1. The molecule has 0 spiro atoms. The lowest BCUT2D eigenvalue weighted by atomic mass is 9.99. The Morgan fingerprint density at radius 1 is 1.45 bits per heavy atom. The Morgan fingerprint density at radius 2 is 2.23 bits per heavy atom. The SMILES string of the molecule is CC[C@@H]1CCCCN1C(=O)CCc1c(C)nc(SC)[nH]c1=O. The van der Waals surface area contributed by atoms with Crippen LogP contribution in [0.3, 0.4) is 0 Å². The molecule has 6 heteroatoms. The molecule has 1 aromatic heterocycles. The van der Waals surface area contributed by atoms with E-state index in [0.717, 1.165) is 31.5 Å². The van der Waals surface area contributed by atoms with Gasteiger partial charge in [0.25, 0.3) is 5.56 Å². The molecular formula is C16H25N3O2S. The van der Waals surface area contributed by atoms with Crippen molar-refractivity contribution in [3.63, 3.8) is 0 Å². The van der Waals surface area contributed by atoms with Crippen molar-refractivity contribution in [1.82, 2.24) is 14.9 Å². The average molecular weight is 323 g/mol. The third-order valence-corrected chi connectivity index (χ3v) is 4.98. The molecule has 1 fully saturated rings. The number of H-pyrrole nitrogens is 1. The smallest absolute Gasteiger partial charge is 0.254 e. The molecule has 0 radical (unpaired) electrons. The van der Waals surface area contributed by atoms with E-state index in [-0.39, 0.29) is 11.5 Å². The molecule has 1 aliphatic rings. The van der Waals surface area contributed by atoms with Gasteiger partial charge in [0.1, 0.15) is 0 Å². The predicted molar refractivity (Wildman–Crippen MR) is 89.3 cm³/mol. The van der Waals surface area contributed by atoms with Crippen molar-refractivity contribution in [2.24, 2.45) is 0 Å². The van der Waals surface area contributed by atoms with Gasteiger partial charge in [0, 0.05) is 30.3 Å². The molecule has 0 aliphatic carbocycles. The number of carbonyl (C=O) groups excluding carboxylic acids is 1. The second kappa shape index (κ2) is 7.81. The lowest BCUT2D eigenvalue weighted by Gasteiger charge is -2.35. The zero-order valence-corrected chi connectivity index (χ0v) is 14.5. The van der Waals surface area contributed by atoms with Gasteiger partial charge in [0.2, 0.25) is 5.91 Å². The van der Waals surface area contributed by atoms with Gasteiger partial charge in [-0.3, -0.25) is 9.59 Å². The van der Waals surface area contributed by atoms with Crippen LogP contribution in [0.2, 0.25) is 0 Å². The Bertz CT molecular complexity index is 585. The maximum absolute atomic E-state index is 12.5.